The fourth-order valence-electron chi connectivity index (χ4n) is 2.13. The summed E-state index contributed by atoms with van der Waals surface area (Å²) in [6, 6.07) is 7.01. The third kappa shape index (κ3) is 2.18. The van der Waals surface area contributed by atoms with Crippen LogP contribution in [0, 0.1) is 11.3 Å². The van der Waals surface area contributed by atoms with Crippen molar-refractivity contribution in [3.8, 4) is 11.8 Å². The monoisotopic (exact) mass is 273 g/mol. The fourth-order valence-corrected chi connectivity index (χ4v) is 2.13. The molecule has 1 fully saturated rings. The number of benzene rings is 1. The third-order valence-corrected chi connectivity index (χ3v) is 3.40. The molecular weight excluding hydrogens is 258 g/mol. The summed E-state index contributed by atoms with van der Waals surface area (Å²) in [4.78, 5) is 25.2. The highest BCUT2D eigenvalue weighted by molar-refractivity contribution is 6.07. The van der Waals surface area contributed by atoms with Gasteiger partial charge in [-0.05, 0) is 26.0 Å². The van der Waals surface area contributed by atoms with Crippen LogP contribution in [0.25, 0.3) is 0 Å². The summed E-state index contributed by atoms with van der Waals surface area (Å²) < 4.78 is 5.15. The minimum atomic E-state index is -0.925. The van der Waals surface area contributed by atoms with E-state index < -0.39 is 5.54 Å². The van der Waals surface area contributed by atoms with E-state index in [0.717, 1.165) is 0 Å². The average Bonchev–Trinajstić information content (AvgIpc) is 2.42. The maximum atomic E-state index is 12.0. The van der Waals surface area contributed by atoms with Gasteiger partial charge in [-0.1, -0.05) is 0 Å². The van der Waals surface area contributed by atoms with E-state index in [-0.39, 0.29) is 18.4 Å². The lowest BCUT2D eigenvalue weighted by molar-refractivity contribution is -0.135. The number of methoxy groups -OCH3 is 1. The highest BCUT2D eigenvalue weighted by Crippen LogP contribution is 2.32. The number of nitriles is 1. The van der Waals surface area contributed by atoms with Crippen molar-refractivity contribution >= 4 is 17.5 Å². The molecule has 0 radical (unpaired) electrons. The number of piperazine rings is 1. The van der Waals surface area contributed by atoms with Crippen LogP contribution in [0.4, 0.5) is 5.69 Å². The number of amides is 2. The number of hydrogen-bond donors (Lipinski definition) is 1. The van der Waals surface area contributed by atoms with Gasteiger partial charge in [0.2, 0.25) is 5.91 Å². The van der Waals surface area contributed by atoms with E-state index in [0.29, 0.717) is 17.0 Å². The molecule has 1 aliphatic heterocycles. The van der Waals surface area contributed by atoms with Crippen LogP contribution in [0.5, 0.6) is 5.75 Å². The van der Waals surface area contributed by atoms with Crippen LogP contribution >= 0.6 is 0 Å². The lowest BCUT2D eigenvalue weighted by Gasteiger charge is -2.42. The molecule has 2 rings (SSSR count). The van der Waals surface area contributed by atoms with Gasteiger partial charge in [0, 0.05) is 6.07 Å². The van der Waals surface area contributed by atoms with Crippen molar-refractivity contribution in [2.75, 3.05) is 18.6 Å². The van der Waals surface area contributed by atoms with E-state index in [1.165, 1.54) is 7.11 Å². The first kappa shape index (κ1) is 13.9. The summed E-state index contributed by atoms with van der Waals surface area (Å²) in [7, 11) is 1.52. The van der Waals surface area contributed by atoms with Gasteiger partial charge < -0.3 is 9.64 Å². The van der Waals surface area contributed by atoms with Crippen LogP contribution < -0.4 is 15.0 Å². The Bertz CT molecular complexity index is 617. The first-order valence-electron chi connectivity index (χ1n) is 6.10. The minimum Gasteiger partial charge on any atom is -0.497 e. The second kappa shape index (κ2) is 4.85. The molecule has 104 valence electrons. The second-order valence-electron chi connectivity index (χ2n) is 5.02. The highest BCUT2D eigenvalue weighted by Gasteiger charge is 2.41. The predicted octanol–water partition coefficient (Wildman–Crippen LogP) is 0.808. The first-order chi connectivity index (χ1) is 9.40. The molecule has 0 atom stereocenters. The van der Waals surface area contributed by atoms with E-state index in [9.17, 15) is 14.9 Å². The van der Waals surface area contributed by atoms with Crippen molar-refractivity contribution in [3.05, 3.63) is 23.8 Å². The fraction of sp³-hybridized carbons (Fsp3) is 0.357. The van der Waals surface area contributed by atoms with Crippen LogP contribution in [0.3, 0.4) is 0 Å². The molecule has 0 saturated carbocycles. The summed E-state index contributed by atoms with van der Waals surface area (Å²) in [5, 5.41) is 11.5. The standard InChI is InChI=1S/C14H15N3O3/c1-14(2)13(19)16-12(18)8-17(14)11-6-10(20-3)5-4-9(11)7-15/h4-6H,8H2,1-3H3,(H,16,18,19). The van der Waals surface area contributed by atoms with Gasteiger partial charge in [0.25, 0.3) is 5.91 Å². The predicted molar refractivity (Wildman–Crippen MR) is 72.3 cm³/mol. The van der Waals surface area contributed by atoms with E-state index in [1.54, 1.807) is 36.9 Å². The molecule has 1 saturated heterocycles. The van der Waals surface area contributed by atoms with E-state index in [2.05, 4.69) is 11.4 Å². The van der Waals surface area contributed by atoms with Crippen molar-refractivity contribution in [1.29, 1.82) is 5.26 Å². The lowest BCUT2D eigenvalue weighted by Crippen LogP contribution is -2.64. The van der Waals surface area contributed by atoms with Gasteiger partial charge in [-0.3, -0.25) is 14.9 Å². The topological polar surface area (TPSA) is 82.4 Å². The zero-order valence-electron chi connectivity index (χ0n) is 11.6. The maximum Gasteiger partial charge on any atom is 0.251 e. The number of ether oxygens (including phenoxy) is 1. The molecule has 1 aliphatic rings. The Morgan fingerprint density at radius 1 is 1.40 bits per heavy atom. The van der Waals surface area contributed by atoms with Crippen LogP contribution in [0.2, 0.25) is 0 Å². The largest absolute Gasteiger partial charge is 0.497 e. The number of hydrogen-bond acceptors (Lipinski definition) is 5. The van der Waals surface area contributed by atoms with Gasteiger partial charge in [0.15, 0.2) is 0 Å². The highest BCUT2D eigenvalue weighted by atomic mass is 16.5. The Morgan fingerprint density at radius 2 is 2.10 bits per heavy atom. The molecule has 1 N–H and O–H groups in total. The molecule has 0 bridgehead atoms. The van der Waals surface area contributed by atoms with Gasteiger partial charge in [-0.25, -0.2) is 0 Å². The van der Waals surface area contributed by atoms with Gasteiger partial charge in [-0.15, -0.1) is 0 Å². The molecule has 1 aromatic carbocycles. The quantitative estimate of drug-likeness (QED) is 0.806. The van der Waals surface area contributed by atoms with E-state index in [4.69, 9.17) is 4.74 Å². The van der Waals surface area contributed by atoms with Gasteiger partial charge in [0.05, 0.1) is 24.9 Å². The van der Waals surface area contributed by atoms with Crippen molar-refractivity contribution < 1.29 is 14.3 Å². The number of nitrogens with zero attached hydrogens (tertiary/aromatic N) is 2. The molecule has 6 nitrogen and oxygen atoms in total. The molecule has 6 heteroatoms. The van der Waals surface area contributed by atoms with Crippen molar-refractivity contribution in [2.24, 2.45) is 0 Å². The lowest BCUT2D eigenvalue weighted by atomic mass is 9.96. The molecule has 1 heterocycles. The zero-order chi connectivity index (χ0) is 14.9. The van der Waals surface area contributed by atoms with E-state index >= 15 is 0 Å². The summed E-state index contributed by atoms with van der Waals surface area (Å²) in [6.45, 7) is 3.42. The van der Waals surface area contributed by atoms with Gasteiger partial charge in [-0.2, -0.15) is 5.26 Å². The number of nitrogens with one attached hydrogen (secondary N) is 1. The SMILES string of the molecule is COc1ccc(C#N)c(N2CC(=O)NC(=O)C2(C)C)c1. The van der Waals surface area contributed by atoms with Crippen LogP contribution in [-0.4, -0.2) is 31.0 Å². The summed E-state index contributed by atoms with van der Waals surface area (Å²) in [5.74, 6) is -0.213. The van der Waals surface area contributed by atoms with Gasteiger partial charge >= 0.3 is 0 Å². The Kier molecular flexibility index (Phi) is 3.36. The smallest absolute Gasteiger partial charge is 0.251 e. The number of carbonyl (C=O) groups excluding carboxylic acids is 2. The Morgan fingerprint density at radius 3 is 2.70 bits per heavy atom. The van der Waals surface area contributed by atoms with Crippen LogP contribution in [-0.2, 0) is 9.59 Å². The maximum absolute atomic E-state index is 12.0. The Balaban J connectivity index is 2.56. The first-order valence-corrected chi connectivity index (χ1v) is 6.10. The third-order valence-electron chi connectivity index (χ3n) is 3.40. The Labute approximate surface area is 116 Å². The zero-order valence-corrected chi connectivity index (χ0v) is 11.6. The molecule has 0 aromatic heterocycles. The van der Waals surface area contributed by atoms with Crippen molar-refractivity contribution in [1.82, 2.24) is 5.32 Å². The average molecular weight is 273 g/mol. The number of carbonyl (C=O) groups is 2. The molecule has 0 unspecified atom stereocenters. The molecule has 1 aromatic rings. The van der Waals surface area contributed by atoms with Crippen molar-refractivity contribution in [3.63, 3.8) is 0 Å². The summed E-state index contributed by atoms with van der Waals surface area (Å²) in [5.41, 5.74) is -0.0206. The Hall–Kier alpha value is -2.55. The van der Waals surface area contributed by atoms with Crippen molar-refractivity contribution in [2.45, 2.75) is 19.4 Å². The number of imide groups is 1. The number of rotatable bonds is 2. The van der Waals surface area contributed by atoms with Crippen LogP contribution in [0.15, 0.2) is 18.2 Å². The molecule has 0 spiro atoms. The summed E-state index contributed by atoms with van der Waals surface area (Å²) in [6.07, 6.45) is 0. The molecule has 0 aliphatic carbocycles. The second-order valence-corrected chi connectivity index (χ2v) is 5.02. The van der Waals surface area contributed by atoms with Crippen LogP contribution in [0.1, 0.15) is 19.4 Å². The van der Waals surface area contributed by atoms with E-state index in [1.807, 2.05) is 0 Å². The normalized spacial score (nSPS) is 17.4. The number of anilines is 1. The molecule has 2 amide bonds. The molecular formula is C14H15N3O3. The summed E-state index contributed by atoms with van der Waals surface area (Å²) >= 11 is 0. The minimum absolute atomic E-state index is 0.0145. The molecule has 20 heavy (non-hydrogen) atoms. The van der Waals surface area contributed by atoms with Gasteiger partial charge in [0.1, 0.15) is 17.4 Å².